The molecule has 0 aliphatic heterocycles. The van der Waals surface area contributed by atoms with E-state index in [2.05, 4.69) is 15.4 Å². The van der Waals surface area contributed by atoms with Crippen LogP contribution in [0.4, 0.5) is 5.69 Å². The molecule has 0 aliphatic carbocycles. The quantitative estimate of drug-likeness (QED) is 0.725. The van der Waals surface area contributed by atoms with Crippen molar-refractivity contribution >= 4 is 5.69 Å². The van der Waals surface area contributed by atoms with Gasteiger partial charge in [-0.3, -0.25) is 13.9 Å². The number of hydrogen-bond acceptors (Lipinski definition) is 6. The number of hydrogen-bond donors (Lipinski definition) is 1. The second kappa shape index (κ2) is 5.04. The van der Waals surface area contributed by atoms with Crippen LogP contribution in [0.1, 0.15) is 19.2 Å². The first-order valence-corrected chi connectivity index (χ1v) is 5.85. The van der Waals surface area contributed by atoms with Gasteiger partial charge in [0.15, 0.2) is 5.82 Å². The molecule has 0 fully saturated rings. The molecule has 0 saturated heterocycles. The third-order valence-electron chi connectivity index (χ3n) is 2.58. The summed E-state index contributed by atoms with van der Waals surface area (Å²) in [5, 5.41) is 11.3. The number of aryl methyl sites for hydroxylation is 2. The number of nitrogen functional groups attached to an aromatic ring is 1. The van der Waals surface area contributed by atoms with Crippen LogP contribution in [0, 0.1) is 0 Å². The predicted octanol–water partition coefficient (Wildman–Crippen LogP) is -1.43. The topological polar surface area (TPSA) is 114 Å². The van der Waals surface area contributed by atoms with Crippen LogP contribution in [-0.2, 0) is 20.1 Å². The minimum atomic E-state index is -0.537. The van der Waals surface area contributed by atoms with E-state index in [1.165, 1.54) is 15.6 Å². The highest BCUT2D eigenvalue weighted by Crippen LogP contribution is 1.94. The Bertz CT molecular complexity index is 697. The van der Waals surface area contributed by atoms with Gasteiger partial charge in [-0.1, -0.05) is 6.92 Å². The van der Waals surface area contributed by atoms with Crippen molar-refractivity contribution in [3.63, 3.8) is 0 Å². The number of nitrogens with two attached hydrogens (primary N) is 1. The molecule has 0 amide bonds. The minimum Gasteiger partial charge on any atom is -0.393 e. The standard InChI is InChI=1S/C10H15N7O2/c1-3-4-16-5-7(11)9(18)17(10(16)19)6-8-12-14-15(2)13-8/h5H,3-4,6,11H2,1-2H3. The summed E-state index contributed by atoms with van der Waals surface area (Å²) in [7, 11) is 1.61. The van der Waals surface area contributed by atoms with Gasteiger partial charge in [-0.25, -0.2) is 4.79 Å². The molecule has 0 unspecified atom stereocenters. The van der Waals surface area contributed by atoms with E-state index in [0.29, 0.717) is 6.54 Å². The molecule has 0 saturated carbocycles. The van der Waals surface area contributed by atoms with Crippen molar-refractivity contribution in [1.82, 2.24) is 29.3 Å². The third-order valence-corrected chi connectivity index (χ3v) is 2.58. The zero-order valence-electron chi connectivity index (χ0n) is 10.8. The minimum absolute atomic E-state index is 0.0249. The Morgan fingerprint density at radius 1 is 1.37 bits per heavy atom. The summed E-state index contributed by atoms with van der Waals surface area (Å²) in [5.41, 5.74) is 4.69. The molecule has 0 aliphatic rings. The molecule has 2 aromatic rings. The average molecular weight is 265 g/mol. The van der Waals surface area contributed by atoms with Crippen LogP contribution in [0.2, 0.25) is 0 Å². The Hall–Kier alpha value is -2.45. The van der Waals surface area contributed by atoms with Crippen molar-refractivity contribution < 1.29 is 0 Å². The Morgan fingerprint density at radius 3 is 2.68 bits per heavy atom. The lowest BCUT2D eigenvalue weighted by atomic mass is 10.4. The molecular formula is C10H15N7O2. The lowest BCUT2D eigenvalue weighted by molar-refractivity contribution is 0.563. The summed E-state index contributed by atoms with van der Waals surface area (Å²) >= 11 is 0. The Labute approximate surface area is 108 Å². The summed E-state index contributed by atoms with van der Waals surface area (Å²) in [6.45, 7) is 2.39. The lowest BCUT2D eigenvalue weighted by Gasteiger charge is -2.09. The fraction of sp³-hybridized carbons (Fsp3) is 0.500. The molecule has 102 valence electrons. The van der Waals surface area contributed by atoms with Crippen LogP contribution in [0.5, 0.6) is 0 Å². The molecule has 0 atom stereocenters. The van der Waals surface area contributed by atoms with Gasteiger partial charge in [0.1, 0.15) is 5.69 Å². The third kappa shape index (κ3) is 2.54. The molecule has 2 rings (SSSR count). The van der Waals surface area contributed by atoms with Crippen LogP contribution in [-0.4, -0.2) is 29.3 Å². The molecule has 2 N–H and O–H groups in total. The predicted molar refractivity (Wildman–Crippen MR) is 67.6 cm³/mol. The van der Waals surface area contributed by atoms with Gasteiger partial charge in [0.25, 0.3) is 5.56 Å². The van der Waals surface area contributed by atoms with Gasteiger partial charge in [-0.2, -0.15) is 4.80 Å². The van der Waals surface area contributed by atoms with Crippen LogP contribution in [0.15, 0.2) is 15.8 Å². The number of rotatable bonds is 4. The van der Waals surface area contributed by atoms with E-state index < -0.39 is 11.2 Å². The summed E-state index contributed by atoms with van der Waals surface area (Å²) in [5.74, 6) is 0.287. The lowest BCUT2D eigenvalue weighted by Crippen LogP contribution is -2.41. The van der Waals surface area contributed by atoms with Gasteiger partial charge >= 0.3 is 5.69 Å². The van der Waals surface area contributed by atoms with Crippen LogP contribution >= 0.6 is 0 Å². The van der Waals surface area contributed by atoms with Gasteiger partial charge in [-0.15, -0.1) is 10.2 Å². The fourth-order valence-corrected chi connectivity index (χ4v) is 1.74. The second-order valence-corrected chi connectivity index (χ2v) is 4.15. The average Bonchev–Trinajstić information content (AvgIpc) is 2.77. The highest BCUT2D eigenvalue weighted by molar-refractivity contribution is 5.31. The van der Waals surface area contributed by atoms with Crippen molar-refractivity contribution in [2.45, 2.75) is 26.4 Å². The summed E-state index contributed by atoms with van der Waals surface area (Å²) in [6.07, 6.45) is 2.13. The van der Waals surface area contributed by atoms with Crippen LogP contribution in [0.3, 0.4) is 0 Å². The van der Waals surface area contributed by atoms with Gasteiger partial charge in [0.2, 0.25) is 0 Å². The molecule has 9 nitrogen and oxygen atoms in total. The zero-order valence-corrected chi connectivity index (χ0v) is 10.8. The first kappa shape index (κ1) is 13.0. The Kier molecular flexibility index (Phi) is 3.45. The first-order valence-electron chi connectivity index (χ1n) is 5.85. The van der Waals surface area contributed by atoms with Crippen molar-refractivity contribution in [3.8, 4) is 0 Å². The highest BCUT2D eigenvalue weighted by atomic mass is 16.2. The van der Waals surface area contributed by atoms with E-state index in [1.54, 1.807) is 7.05 Å². The van der Waals surface area contributed by atoms with Gasteiger partial charge < -0.3 is 5.73 Å². The zero-order chi connectivity index (χ0) is 14.0. The normalized spacial score (nSPS) is 10.8. The van der Waals surface area contributed by atoms with Gasteiger partial charge in [-0.05, 0) is 11.6 Å². The summed E-state index contributed by atoms with van der Waals surface area (Å²) in [6, 6.07) is 0. The largest absolute Gasteiger partial charge is 0.393 e. The molecule has 0 spiro atoms. The molecule has 0 bridgehead atoms. The maximum Gasteiger partial charge on any atom is 0.331 e. The monoisotopic (exact) mass is 265 g/mol. The van der Waals surface area contributed by atoms with E-state index in [0.717, 1.165) is 11.0 Å². The molecule has 9 heteroatoms. The maximum absolute atomic E-state index is 12.1. The Morgan fingerprint density at radius 2 is 2.11 bits per heavy atom. The summed E-state index contributed by atoms with van der Waals surface area (Å²) in [4.78, 5) is 25.3. The van der Waals surface area contributed by atoms with Crippen LogP contribution < -0.4 is 17.0 Å². The van der Waals surface area contributed by atoms with E-state index in [-0.39, 0.29) is 18.1 Å². The fourth-order valence-electron chi connectivity index (χ4n) is 1.74. The number of tetrazole rings is 1. The molecule has 0 radical (unpaired) electrons. The first-order chi connectivity index (χ1) is 9.02. The van der Waals surface area contributed by atoms with E-state index in [1.807, 2.05) is 6.92 Å². The van der Waals surface area contributed by atoms with E-state index in [4.69, 9.17) is 5.73 Å². The molecule has 2 heterocycles. The van der Waals surface area contributed by atoms with Crippen molar-refractivity contribution in [3.05, 3.63) is 32.9 Å². The van der Waals surface area contributed by atoms with Crippen molar-refractivity contribution in [2.24, 2.45) is 7.05 Å². The maximum atomic E-state index is 12.1. The molecule has 0 aromatic carbocycles. The van der Waals surface area contributed by atoms with Gasteiger partial charge in [0, 0.05) is 12.7 Å². The smallest absolute Gasteiger partial charge is 0.331 e. The number of aromatic nitrogens is 6. The number of anilines is 1. The number of nitrogens with zero attached hydrogens (tertiary/aromatic N) is 6. The molecule has 2 aromatic heterocycles. The molecule has 19 heavy (non-hydrogen) atoms. The van der Waals surface area contributed by atoms with Gasteiger partial charge in [0.05, 0.1) is 13.6 Å². The van der Waals surface area contributed by atoms with Crippen LogP contribution in [0.25, 0.3) is 0 Å². The van der Waals surface area contributed by atoms with Crippen molar-refractivity contribution in [2.75, 3.05) is 5.73 Å². The molecular weight excluding hydrogens is 250 g/mol. The van der Waals surface area contributed by atoms with E-state index in [9.17, 15) is 9.59 Å². The van der Waals surface area contributed by atoms with E-state index >= 15 is 0 Å². The van der Waals surface area contributed by atoms with Crippen molar-refractivity contribution in [1.29, 1.82) is 0 Å². The summed E-state index contributed by atoms with van der Waals surface area (Å²) < 4.78 is 2.43. The Balaban J connectivity index is 2.49. The second-order valence-electron chi connectivity index (χ2n) is 4.15. The SMILES string of the molecule is CCCn1cc(N)c(=O)n(Cc2nnn(C)n2)c1=O. The highest BCUT2D eigenvalue weighted by Gasteiger charge is 2.11.